The number of nitrogens with zero attached hydrogens (tertiary/aromatic N) is 2. The predicted molar refractivity (Wildman–Crippen MR) is 116 cm³/mol. The number of aromatic amines is 1. The highest BCUT2D eigenvalue weighted by molar-refractivity contribution is 5.95. The molecule has 0 aliphatic heterocycles. The molecule has 2 aromatic carbocycles. The Morgan fingerprint density at radius 3 is 2.76 bits per heavy atom. The van der Waals surface area contributed by atoms with E-state index >= 15 is 0 Å². The summed E-state index contributed by atoms with van der Waals surface area (Å²) in [6.45, 7) is 5.84. The number of aromatic nitrogens is 3. The van der Waals surface area contributed by atoms with Crippen LogP contribution in [0.2, 0.25) is 0 Å². The zero-order chi connectivity index (χ0) is 20.4. The number of aryl methyl sites for hydroxylation is 3. The fourth-order valence-corrected chi connectivity index (χ4v) is 3.80. The van der Waals surface area contributed by atoms with E-state index in [0.29, 0.717) is 12.4 Å². The number of H-pyrrole nitrogens is 1. The minimum Gasteiger partial charge on any atom is -0.342 e. The lowest BCUT2D eigenvalue weighted by Gasteiger charge is -2.18. The molecule has 4 aromatic rings. The van der Waals surface area contributed by atoms with Gasteiger partial charge in [0.15, 0.2) is 11.3 Å². The molecule has 0 aliphatic carbocycles. The topological polar surface area (TPSA) is 79.8 Å². The number of ketones is 1. The maximum absolute atomic E-state index is 13.0. The van der Waals surface area contributed by atoms with Gasteiger partial charge in [-0.2, -0.15) is 0 Å². The fourth-order valence-electron chi connectivity index (χ4n) is 3.80. The van der Waals surface area contributed by atoms with E-state index in [1.807, 2.05) is 36.4 Å². The molecule has 0 fully saturated rings. The largest absolute Gasteiger partial charge is 0.342 e. The van der Waals surface area contributed by atoms with Crippen LogP contribution in [0.5, 0.6) is 0 Å². The number of para-hydroxylation sites is 1. The molecule has 148 valence electrons. The van der Waals surface area contributed by atoms with E-state index in [-0.39, 0.29) is 17.8 Å². The second kappa shape index (κ2) is 8.01. The van der Waals surface area contributed by atoms with Crippen molar-refractivity contribution in [1.82, 2.24) is 19.9 Å². The third-order valence-corrected chi connectivity index (χ3v) is 5.44. The van der Waals surface area contributed by atoms with Gasteiger partial charge in [0.05, 0.1) is 17.6 Å². The van der Waals surface area contributed by atoms with Crippen LogP contribution >= 0.6 is 0 Å². The zero-order valence-corrected chi connectivity index (χ0v) is 16.7. The first-order chi connectivity index (χ1) is 14.1. The number of benzene rings is 2. The quantitative estimate of drug-likeness (QED) is 0.289. The molecule has 2 N–H and O–H groups in total. The van der Waals surface area contributed by atoms with Crippen LogP contribution in [-0.2, 0) is 6.54 Å². The molecule has 0 amide bonds. The average molecular weight is 388 g/mol. The summed E-state index contributed by atoms with van der Waals surface area (Å²) >= 11 is 0. The smallest absolute Gasteiger partial charge is 0.211 e. The van der Waals surface area contributed by atoms with Crippen LogP contribution in [0.3, 0.4) is 0 Å². The minimum atomic E-state index is -0.0549. The predicted octanol–water partition coefficient (Wildman–Crippen LogP) is 3.36. The summed E-state index contributed by atoms with van der Waals surface area (Å²) in [5, 5.41) is 4.69. The maximum Gasteiger partial charge on any atom is 0.211 e. The van der Waals surface area contributed by atoms with E-state index in [2.05, 4.69) is 33.7 Å². The van der Waals surface area contributed by atoms with Gasteiger partial charge in [0.2, 0.25) is 5.78 Å². The number of Topliss-reactive ketones (excluding diaryl/α,β-unsaturated/α-hetero) is 1. The van der Waals surface area contributed by atoms with Gasteiger partial charge in [-0.1, -0.05) is 18.2 Å². The van der Waals surface area contributed by atoms with Crippen LogP contribution < -0.4 is 10.7 Å². The number of rotatable bonds is 7. The average Bonchev–Trinajstić information content (AvgIpc) is 3.27. The molecule has 0 unspecified atom stereocenters. The minimum absolute atomic E-state index is 0.0549. The van der Waals surface area contributed by atoms with Crippen LogP contribution in [0.15, 0.2) is 53.6 Å². The first kappa shape index (κ1) is 19.1. The molecule has 0 radical (unpaired) electrons. The summed E-state index contributed by atoms with van der Waals surface area (Å²) in [4.78, 5) is 31.8. The zero-order valence-electron chi connectivity index (χ0n) is 16.7. The van der Waals surface area contributed by atoms with Crippen LogP contribution in [0, 0.1) is 13.8 Å². The van der Waals surface area contributed by atoms with Gasteiger partial charge in [0, 0.05) is 29.7 Å². The van der Waals surface area contributed by atoms with E-state index < -0.39 is 0 Å². The van der Waals surface area contributed by atoms with Crippen molar-refractivity contribution in [1.29, 1.82) is 0 Å². The molecule has 2 heterocycles. The lowest BCUT2D eigenvalue weighted by Crippen LogP contribution is -2.25. The Morgan fingerprint density at radius 1 is 1.14 bits per heavy atom. The van der Waals surface area contributed by atoms with E-state index in [1.165, 1.54) is 5.56 Å². The highest BCUT2D eigenvalue weighted by Gasteiger charge is 2.13. The van der Waals surface area contributed by atoms with Gasteiger partial charge in [0.25, 0.3) is 0 Å². The van der Waals surface area contributed by atoms with Gasteiger partial charge in [-0.3, -0.25) is 9.59 Å². The fraction of sp³-hybridized carbons (Fsp3) is 0.261. The normalized spacial score (nSPS) is 11.4. The highest BCUT2D eigenvalue weighted by atomic mass is 16.1. The highest BCUT2D eigenvalue weighted by Crippen LogP contribution is 2.24. The Kier molecular flexibility index (Phi) is 5.27. The van der Waals surface area contributed by atoms with E-state index in [4.69, 9.17) is 0 Å². The molecule has 6 nitrogen and oxygen atoms in total. The van der Waals surface area contributed by atoms with Crippen molar-refractivity contribution >= 4 is 27.6 Å². The second-order valence-corrected chi connectivity index (χ2v) is 7.29. The van der Waals surface area contributed by atoms with Gasteiger partial charge in [-0.25, -0.2) is 4.98 Å². The van der Waals surface area contributed by atoms with Gasteiger partial charge in [-0.05, 0) is 56.1 Å². The van der Waals surface area contributed by atoms with Crippen LogP contribution in [0.4, 0.5) is 0 Å². The van der Waals surface area contributed by atoms with E-state index in [0.717, 1.165) is 40.3 Å². The van der Waals surface area contributed by atoms with Crippen molar-refractivity contribution in [2.45, 2.75) is 26.8 Å². The Labute approximate surface area is 168 Å². The maximum atomic E-state index is 13.0. The number of fused-ring (bicyclic) bond motifs is 2. The molecule has 6 heteroatoms. The number of carbonyl (C=O) groups is 1. The Bertz CT molecular complexity index is 1240. The van der Waals surface area contributed by atoms with E-state index in [1.54, 1.807) is 12.4 Å². The summed E-state index contributed by atoms with van der Waals surface area (Å²) in [5.74, 6) is 0.321. The molecule has 4 rings (SSSR count). The third kappa shape index (κ3) is 3.59. The Hall–Kier alpha value is -3.25. The molecular weight excluding hydrogens is 364 g/mol. The van der Waals surface area contributed by atoms with Crippen molar-refractivity contribution in [3.63, 3.8) is 0 Å². The summed E-state index contributed by atoms with van der Waals surface area (Å²) in [6.07, 6.45) is 4.05. The molecule has 0 spiro atoms. The number of pyridine rings is 1. The van der Waals surface area contributed by atoms with Gasteiger partial charge < -0.3 is 14.9 Å². The molecule has 0 saturated heterocycles. The van der Waals surface area contributed by atoms with Crippen molar-refractivity contribution in [2.24, 2.45) is 0 Å². The van der Waals surface area contributed by atoms with Crippen LogP contribution in [-0.4, -0.2) is 33.4 Å². The number of hydrogen-bond acceptors (Lipinski definition) is 4. The molecule has 0 aliphatic rings. The summed E-state index contributed by atoms with van der Waals surface area (Å²) in [7, 11) is 0. The Balaban J connectivity index is 1.59. The van der Waals surface area contributed by atoms with Crippen molar-refractivity contribution < 1.29 is 4.79 Å². The number of imidazole rings is 1. The van der Waals surface area contributed by atoms with E-state index in [9.17, 15) is 9.59 Å². The third-order valence-electron chi connectivity index (χ3n) is 5.44. The molecule has 0 saturated carbocycles. The first-order valence-electron chi connectivity index (χ1n) is 9.82. The van der Waals surface area contributed by atoms with Gasteiger partial charge >= 0.3 is 0 Å². The Morgan fingerprint density at radius 2 is 1.97 bits per heavy atom. The molecule has 0 bridgehead atoms. The molecular formula is C23H24N4O2. The molecule has 2 aromatic heterocycles. The number of carbonyl (C=O) groups excluding carboxylic acids is 1. The van der Waals surface area contributed by atoms with Crippen molar-refractivity contribution in [2.75, 3.05) is 13.1 Å². The van der Waals surface area contributed by atoms with Crippen molar-refractivity contribution in [3.05, 3.63) is 76.0 Å². The van der Waals surface area contributed by atoms with Crippen LogP contribution in [0.25, 0.3) is 21.8 Å². The number of hydrogen-bond donors (Lipinski definition) is 2. The van der Waals surface area contributed by atoms with Gasteiger partial charge in [0.1, 0.15) is 0 Å². The lowest BCUT2D eigenvalue weighted by atomic mass is 10.0. The summed E-state index contributed by atoms with van der Waals surface area (Å²) in [5.41, 5.74) is 4.33. The number of nitrogens with one attached hydrogen (secondary N) is 2. The molecule has 29 heavy (non-hydrogen) atoms. The first-order valence-corrected chi connectivity index (χ1v) is 9.82. The summed E-state index contributed by atoms with van der Waals surface area (Å²) in [6, 6.07) is 11.7. The summed E-state index contributed by atoms with van der Waals surface area (Å²) < 4.78 is 2.24. The second-order valence-electron chi connectivity index (χ2n) is 7.29. The standard InChI is InChI=1S/C23H24N4O2/c1-15-8-9-18-21(16(15)2)27(19-7-4-3-6-17(19)22(18)29)13-5-10-24-14-20(28)23-25-11-12-26-23/h3-4,6-9,11-12,24H,5,10,13-14H2,1-2H3,(H,25,26). The van der Waals surface area contributed by atoms with Gasteiger partial charge in [-0.15, -0.1) is 0 Å². The SMILES string of the molecule is Cc1ccc2c(=O)c3ccccc3n(CCCNCC(=O)c3ncc[nH]3)c2c1C. The lowest BCUT2D eigenvalue weighted by molar-refractivity contribution is 0.0982. The van der Waals surface area contributed by atoms with Crippen LogP contribution in [0.1, 0.15) is 28.2 Å². The monoisotopic (exact) mass is 388 g/mol. The van der Waals surface area contributed by atoms with Crippen molar-refractivity contribution in [3.8, 4) is 0 Å². The molecule has 0 atom stereocenters.